The smallest absolute Gasteiger partial charge is 0.363 e. The Labute approximate surface area is 154 Å². The van der Waals surface area contributed by atoms with E-state index in [0.29, 0.717) is 16.7 Å². The number of aromatic nitrogens is 1. The lowest BCUT2D eigenvalue weighted by Crippen LogP contribution is -2.32. The van der Waals surface area contributed by atoms with Gasteiger partial charge in [0.1, 0.15) is 16.4 Å². The Morgan fingerprint density at radius 2 is 2.00 bits per heavy atom. The van der Waals surface area contributed by atoms with Crippen LogP contribution >= 0.6 is 23.2 Å². The molecule has 0 spiro atoms. The van der Waals surface area contributed by atoms with Crippen molar-refractivity contribution >= 4 is 29.2 Å². The molecule has 2 atom stereocenters. The van der Waals surface area contributed by atoms with Crippen molar-refractivity contribution in [2.24, 2.45) is 5.10 Å². The second-order valence-electron chi connectivity index (χ2n) is 5.57. The number of amidine groups is 1. The molecule has 7 nitrogen and oxygen atoms in total. The molecule has 1 aromatic heterocycles. The quantitative estimate of drug-likeness (QED) is 0.456. The lowest BCUT2D eigenvalue weighted by atomic mass is 10.0. The zero-order valence-electron chi connectivity index (χ0n) is 13.2. The minimum Gasteiger partial charge on any atom is -0.451 e. The molecule has 0 aliphatic carbocycles. The van der Waals surface area contributed by atoms with Gasteiger partial charge in [0.25, 0.3) is 0 Å². The summed E-state index contributed by atoms with van der Waals surface area (Å²) in [4.78, 5) is 16.6. The van der Waals surface area contributed by atoms with Crippen LogP contribution in [0.25, 0.3) is 0 Å². The number of rotatable bonds is 4. The van der Waals surface area contributed by atoms with Crippen LogP contribution in [0.2, 0.25) is 10.2 Å². The lowest BCUT2D eigenvalue weighted by molar-refractivity contribution is -0.486. The van der Waals surface area contributed by atoms with Gasteiger partial charge in [-0.1, -0.05) is 41.4 Å². The van der Waals surface area contributed by atoms with Crippen LogP contribution < -0.4 is 0 Å². The van der Waals surface area contributed by atoms with Gasteiger partial charge in [-0.3, -0.25) is 0 Å². The maximum atomic E-state index is 10.9. The first-order valence-electron chi connectivity index (χ1n) is 7.46. The first kappa shape index (κ1) is 17.4. The summed E-state index contributed by atoms with van der Waals surface area (Å²) in [5.74, 6) is 0. The summed E-state index contributed by atoms with van der Waals surface area (Å²) >= 11 is 11.7. The van der Waals surface area contributed by atoms with Gasteiger partial charge in [-0.2, -0.15) is 0 Å². The van der Waals surface area contributed by atoms with Crippen LogP contribution in [0.1, 0.15) is 24.2 Å². The van der Waals surface area contributed by atoms with Crippen molar-refractivity contribution < 1.29 is 9.77 Å². The molecular weight excluding hydrogens is 367 g/mol. The van der Waals surface area contributed by atoms with E-state index in [4.69, 9.17) is 27.9 Å². The molecule has 0 saturated carbocycles. The fourth-order valence-electron chi connectivity index (χ4n) is 2.68. The van der Waals surface area contributed by atoms with Gasteiger partial charge in [0, 0.05) is 17.8 Å². The Bertz CT molecular complexity index is 796. The van der Waals surface area contributed by atoms with Crippen molar-refractivity contribution in [1.29, 1.82) is 0 Å². The lowest BCUT2D eigenvalue weighted by Gasteiger charge is -2.21. The van der Waals surface area contributed by atoms with Gasteiger partial charge in [0.15, 0.2) is 5.03 Å². The molecule has 2 aromatic rings. The number of halogens is 2. The van der Waals surface area contributed by atoms with Gasteiger partial charge in [0.2, 0.25) is 0 Å². The minimum absolute atomic E-state index is 0.0348. The summed E-state index contributed by atoms with van der Waals surface area (Å²) in [5, 5.41) is 14.5. The summed E-state index contributed by atoms with van der Waals surface area (Å²) in [7, 11) is 0. The number of pyridine rings is 1. The van der Waals surface area contributed by atoms with Crippen LogP contribution in [0.5, 0.6) is 0 Å². The molecule has 0 radical (unpaired) electrons. The summed E-state index contributed by atoms with van der Waals surface area (Å²) in [5.41, 5.74) is 1.71. The van der Waals surface area contributed by atoms with Crippen LogP contribution in [-0.2, 0) is 11.3 Å². The molecule has 0 N–H and O–H groups in total. The zero-order valence-corrected chi connectivity index (χ0v) is 14.7. The SMILES string of the molecule is CC1C(c2ccc(Cl)cc2)O/C(=N\[N+](=O)[O-])N1Cc1ccc(Cl)nc1. The van der Waals surface area contributed by atoms with Crippen molar-refractivity contribution in [3.05, 3.63) is 74.0 Å². The van der Waals surface area contributed by atoms with E-state index in [0.717, 1.165) is 11.1 Å². The van der Waals surface area contributed by atoms with Crippen molar-refractivity contribution in [2.75, 3.05) is 0 Å². The molecule has 1 aliphatic rings. The minimum atomic E-state index is -0.764. The highest BCUT2D eigenvalue weighted by atomic mass is 35.5. The number of hydrogen-bond donors (Lipinski definition) is 0. The Hall–Kier alpha value is -2.38. The Kier molecular flexibility index (Phi) is 5.06. The first-order valence-corrected chi connectivity index (χ1v) is 8.22. The van der Waals surface area contributed by atoms with Gasteiger partial charge in [-0.15, -0.1) is 0 Å². The fraction of sp³-hybridized carbons (Fsp3) is 0.250. The van der Waals surface area contributed by atoms with Crippen molar-refractivity contribution in [3.8, 4) is 0 Å². The summed E-state index contributed by atoms with van der Waals surface area (Å²) < 4.78 is 5.76. The predicted molar refractivity (Wildman–Crippen MR) is 94.0 cm³/mol. The van der Waals surface area contributed by atoms with E-state index in [1.165, 1.54) is 0 Å². The van der Waals surface area contributed by atoms with E-state index >= 15 is 0 Å². The number of hydrogen-bond acceptors (Lipinski definition) is 4. The molecule has 2 heterocycles. The molecule has 1 aromatic carbocycles. The molecule has 1 saturated heterocycles. The number of nitro groups is 1. The van der Waals surface area contributed by atoms with Gasteiger partial charge >= 0.3 is 6.02 Å². The second-order valence-corrected chi connectivity index (χ2v) is 6.39. The average Bonchev–Trinajstić information content (AvgIpc) is 2.86. The predicted octanol–water partition coefficient (Wildman–Crippen LogP) is 3.90. The Morgan fingerprint density at radius 1 is 1.28 bits per heavy atom. The van der Waals surface area contributed by atoms with Crippen molar-refractivity contribution in [3.63, 3.8) is 0 Å². The van der Waals surface area contributed by atoms with Crippen LogP contribution in [0, 0.1) is 10.1 Å². The van der Waals surface area contributed by atoms with E-state index in [1.807, 2.05) is 19.1 Å². The molecule has 1 aliphatic heterocycles. The number of benzene rings is 1. The van der Waals surface area contributed by atoms with E-state index in [-0.39, 0.29) is 12.1 Å². The van der Waals surface area contributed by atoms with Gasteiger partial charge < -0.3 is 9.64 Å². The third-order valence-electron chi connectivity index (χ3n) is 3.92. The molecule has 3 rings (SSSR count). The largest absolute Gasteiger partial charge is 0.451 e. The van der Waals surface area contributed by atoms with Gasteiger partial charge in [-0.05, 0) is 36.2 Å². The molecule has 0 amide bonds. The zero-order chi connectivity index (χ0) is 18.0. The second kappa shape index (κ2) is 7.25. The van der Waals surface area contributed by atoms with Gasteiger partial charge in [-0.25, -0.2) is 15.1 Å². The highest BCUT2D eigenvalue weighted by molar-refractivity contribution is 6.30. The Balaban J connectivity index is 1.89. The van der Waals surface area contributed by atoms with E-state index in [9.17, 15) is 10.1 Å². The highest BCUT2D eigenvalue weighted by Crippen LogP contribution is 2.34. The summed E-state index contributed by atoms with van der Waals surface area (Å²) in [6.45, 7) is 2.28. The maximum Gasteiger partial charge on any atom is 0.363 e. The molecular formula is C16H14Cl2N4O3. The Morgan fingerprint density at radius 3 is 2.60 bits per heavy atom. The number of nitrogens with zero attached hydrogens (tertiary/aromatic N) is 4. The van der Waals surface area contributed by atoms with Crippen molar-refractivity contribution in [2.45, 2.75) is 25.6 Å². The van der Waals surface area contributed by atoms with Crippen LogP contribution in [0.4, 0.5) is 0 Å². The third-order valence-corrected chi connectivity index (χ3v) is 4.39. The normalized spacial score (nSPS) is 21.4. The first-order chi connectivity index (χ1) is 11.9. The summed E-state index contributed by atoms with van der Waals surface area (Å²) in [6.07, 6.45) is 1.23. The molecule has 25 heavy (non-hydrogen) atoms. The summed E-state index contributed by atoms with van der Waals surface area (Å²) in [6, 6.07) is 10.4. The molecule has 1 fully saturated rings. The van der Waals surface area contributed by atoms with Crippen molar-refractivity contribution in [1.82, 2.24) is 9.88 Å². The molecule has 2 unspecified atom stereocenters. The molecule has 0 bridgehead atoms. The maximum absolute atomic E-state index is 10.9. The van der Waals surface area contributed by atoms with E-state index in [2.05, 4.69) is 10.1 Å². The molecule has 9 heteroatoms. The average molecular weight is 381 g/mol. The van der Waals surface area contributed by atoms with Crippen LogP contribution in [0.3, 0.4) is 0 Å². The third kappa shape index (κ3) is 4.00. The van der Waals surface area contributed by atoms with E-state index in [1.54, 1.807) is 35.4 Å². The topological polar surface area (TPSA) is 80.9 Å². The molecule has 130 valence electrons. The van der Waals surface area contributed by atoms with E-state index < -0.39 is 11.1 Å². The number of hydrazone groups is 1. The van der Waals surface area contributed by atoms with Crippen LogP contribution in [-0.4, -0.2) is 27.0 Å². The fourth-order valence-corrected chi connectivity index (χ4v) is 2.91. The highest BCUT2D eigenvalue weighted by Gasteiger charge is 2.40. The monoisotopic (exact) mass is 380 g/mol. The van der Waals surface area contributed by atoms with Gasteiger partial charge in [0.05, 0.1) is 6.04 Å². The standard InChI is InChI=1S/C16H14Cl2N4O3/c1-10-15(12-3-5-13(17)6-4-12)25-16(20-22(23)24)21(10)9-11-2-7-14(18)19-8-11/h2-8,10,15H,9H2,1H3/b20-16-. The van der Waals surface area contributed by atoms with Crippen LogP contribution in [0.15, 0.2) is 47.7 Å². The number of ether oxygens (including phenoxy) is 1.